The van der Waals surface area contributed by atoms with E-state index in [1.54, 1.807) is 12.1 Å². The number of nitrogens with zero attached hydrogens (tertiary/aromatic N) is 2. The van der Waals surface area contributed by atoms with E-state index in [9.17, 15) is 19.2 Å². The number of carbonyl (C=O) groups excluding carboxylic acids is 4. The van der Waals surface area contributed by atoms with Crippen molar-refractivity contribution < 1.29 is 19.2 Å². The van der Waals surface area contributed by atoms with Gasteiger partial charge in [-0.05, 0) is 44.0 Å². The van der Waals surface area contributed by atoms with E-state index in [0.29, 0.717) is 17.2 Å². The van der Waals surface area contributed by atoms with Crippen LogP contribution in [-0.4, -0.2) is 60.2 Å². The minimum Gasteiger partial charge on any atom is -0.371 e. The van der Waals surface area contributed by atoms with Crippen LogP contribution in [0.4, 0.5) is 5.69 Å². The first-order chi connectivity index (χ1) is 13.5. The second-order valence-corrected chi connectivity index (χ2v) is 7.50. The minimum absolute atomic E-state index is 0.121. The number of rotatable bonds is 4. The van der Waals surface area contributed by atoms with Crippen molar-refractivity contribution in [2.75, 3.05) is 24.5 Å². The summed E-state index contributed by atoms with van der Waals surface area (Å²) in [4.78, 5) is 52.4. The first kappa shape index (κ1) is 18.6. The molecule has 1 aromatic rings. The molecule has 1 atom stereocenters. The monoisotopic (exact) mass is 384 g/mol. The van der Waals surface area contributed by atoms with Gasteiger partial charge in [0, 0.05) is 31.2 Å². The minimum atomic E-state index is -0.926. The SMILES string of the molecule is CCNC1CCN(c2ccc3c(c2)C(=O)N(C2CCC(=O)NC2=O)C3=O)CC1. The van der Waals surface area contributed by atoms with E-state index >= 15 is 0 Å². The number of nitrogens with one attached hydrogen (secondary N) is 2. The van der Waals surface area contributed by atoms with Crippen LogP contribution in [-0.2, 0) is 9.59 Å². The van der Waals surface area contributed by atoms with E-state index in [-0.39, 0.29) is 18.7 Å². The van der Waals surface area contributed by atoms with Gasteiger partial charge in [-0.15, -0.1) is 0 Å². The van der Waals surface area contributed by atoms with Crippen molar-refractivity contribution in [3.8, 4) is 0 Å². The molecular formula is C20H24N4O4. The van der Waals surface area contributed by atoms with Crippen LogP contribution < -0.4 is 15.5 Å². The molecule has 0 bridgehead atoms. The van der Waals surface area contributed by atoms with E-state index in [2.05, 4.69) is 22.5 Å². The van der Waals surface area contributed by atoms with E-state index in [1.807, 2.05) is 6.07 Å². The smallest absolute Gasteiger partial charge is 0.262 e. The van der Waals surface area contributed by atoms with Crippen LogP contribution in [0.5, 0.6) is 0 Å². The number of hydrogen-bond donors (Lipinski definition) is 2. The summed E-state index contributed by atoms with van der Waals surface area (Å²) < 4.78 is 0. The molecule has 3 aliphatic heterocycles. The van der Waals surface area contributed by atoms with Crippen molar-refractivity contribution in [3.63, 3.8) is 0 Å². The molecule has 3 heterocycles. The van der Waals surface area contributed by atoms with Gasteiger partial charge in [-0.25, -0.2) is 0 Å². The standard InChI is InChI=1S/C20H24N4O4/c1-2-21-12-7-9-23(10-8-12)13-3-4-14-15(11-13)20(28)24(19(14)27)16-5-6-17(25)22-18(16)26/h3-4,11-12,16,21H,2,5-10H2,1H3,(H,22,25,26). The van der Waals surface area contributed by atoms with Crippen LogP contribution in [0.2, 0.25) is 0 Å². The Hall–Kier alpha value is -2.74. The first-order valence-corrected chi connectivity index (χ1v) is 9.83. The second-order valence-electron chi connectivity index (χ2n) is 7.50. The molecule has 2 N–H and O–H groups in total. The molecule has 0 spiro atoms. The van der Waals surface area contributed by atoms with Crippen LogP contribution in [0, 0.1) is 0 Å². The van der Waals surface area contributed by atoms with Crippen molar-refractivity contribution >= 4 is 29.3 Å². The molecule has 3 aliphatic rings. The maximum absolute atomic E-state index is 12.9. The first-order valence-electron chi connectivity index (χ1n) is 9.83. The quantitative estimate of drug-likeness (QED) is 0.741. The van der Waals surface area contributed by atoms with E-state index in [0.717, 1.165) is 43.1 Å². The van der Waals surface area contributed by atoms with Crippen molar-refractivity contribution in [3.05, 3.63) is 29.3 Å². The van der Waals surface area contributed by atoms with Crippen LogP contribution in [0.3, 0.4) is 0 Å². The molecule has 8 nitrogen and oxygen atoms in total. The molecule has 0 aromatic heterocycles. The van der Waals surface area contributed by atoms with Crippen molar-refractivity contribution in [1.82, 2.24) is 15.5 Å². The van der Waals surface area contributed by atoms with Gasteiger partial charge >= 0.3 is 0 Å². The highest BCUT2D eigenvalue weighted by atomic mass is 16.2. The maximum Gasteiger partial charge on any atom is 0.262 e. The van der Waals surface area contributed by atoms with E-state index in [1.165, 1.54) is 0 Å². The Morgan fingerprint density at radius 1 is 1.04 bits per heavy atom. The van der Waals surface area contributed by atoms with Gasteiger partial charge in [-0.3, -0.25) is 29.4 Å². The van der Waals surface area contributed by atoms with E-state index in [4.69, 9.17) is 0 Å². The summed E-state index contributed by atoms with van der Waals surface area (Å²) >= 11 is 0. The number of carbonyl (C=O) groups is 4. The summed E-state index contributed by atoms with van der Waals surface area (Å²) in [5.41, 5.74) is 1.57. The Bertz CT molecular complexity index is 845. The van der Waals surface area contributed by atoms with Crippen molar-refractivity contribution in [2.24, 2.45) is 0 Å². The third-order valence-electron chi connectivity index (χ3n) is 5.78. The van der Waals surface area contributed by atoms with Gasteiger partial charge in [0.05, 0.1) is 11.1 Å². The lowest BCUT2D eigenvalue weighted by molar-refractivity contribution is -0.136. The van der Waals surface area contributed by atoms with Gasteiger partial charge < -0.3 is 10.2 Å². The summed E-state index contributed by atoms with van der Waals surface area (Å²) in [5, 5.41) is 5.68. The van der Waals surface area contributed by atoms with Gasteiger partial charge in [0.25, 0.3) is 11.8 Å². The molecular weight excluding hydrogens is 360 g/mol. The number of piperidine rings is 2. The zero-order chi connectivity index (χ0) is 19.8. The van der Waals surface area contributed by atoms with Gasteiger partial charge in [0.1, 0.15) is 6.04 Å². The van der Waals surface area contributed by atoms with E-state index < -0.39 is 23.8 Å². The fourth-order valence-electron chi connectivity index (χ4n) is 4.29. The molecule has 1 aromatic carbocycles. The Labute approximate surface area is 163 Å². The summed E-state index contributed by atoms with van der Waals surface area (Å²) in [6.45, 7) is 4.82. The summed E-state index contributed by atoms with van der Waals surface area (Å²) in [6.07, 6.45) is 2.34. The molecule has 2 saturated heterocycles. The fraction of sp³-hybridized carbons (Fsp3) is 0.500. The molecule has 0 aliphatic carbocycles. The summed E-state index contributed by atoms with van der Waals surface area (Å²) in [5.74, 6) is -1.89. The van der Waals surface area contributed by atoms with Crippen LogP contribution in [0.15, 0.2) is 18.2 Å². The van der Waals surface area contributed by atoms with Crippen LogP contribution >= 0.6 is 0 Å². The lowest BCUT2D eigenvalue weighted by Gasteiger charge is -2.34. The normalized spacial score (nSPS) is 23.2. The predicted octanol–water partition coefficient (Wildman–Crippen LogP) is 0.666. The Kier molecular flexibility index (Phi) is 4.89. The highest BCUT2D eigenvalue weighted by Gasteiger charge is 2.44. The largest absolute Gasteiger partial charge is 0.371 e. The summed E-state index contributed by atoms with van der Waals surface area (Å²) in [6, 6.07) is 4.89. The van der Waals surface area contributed by atoms with Crippen molar-refractivity contribution in [1.29, 1.82) is 0 Å². The highest BCUT2D eigenvalue weighted by molar-refractivity contribution is 6.23. The Morgan fingerprint density at radius 3 is 2.43 bits per heavy atom. The molecule has 0 radical (unpaired) electrons. The van der Waals surface area contributed by atoms with Crippen LogP contribution in [0.25, 0.3) is 0 Å². The number of hydrogen-bond acceptors (Lipinski definition) is 6. The molecule has 1 unspecified atom stereocenters. The zero-order valence-electron chi connectivity index (χ0n) is 15.9. The van der Waals surface area contributed by atoms with Gasteiger partial charge in [-0.1, -0.05) is 6.92 Å². The van der Waals surface area contributed by atoms with Crippen molar-refractivity contribution in [2.45, 2.75) is 44.7 Å². The Balaban J connectivity index is 1.53. The molecule has 148 valence electrons. The van der Waals surface area contributed by atoms with Crippen LogP contribution in [0.1, 0.15) is 53.3 Å². The molecule has 4 amide bonds. The Morgan fingerprint density at radius 2 is 1.75 bits per heavy atom. The third-order valence-corrected chi connectivity index (χ3v) is 5.78. The molecule has 28 heavy (non-hydrogen) atoms. The fourth-order valence-corrected chi connectivity index (χ4v) is 4.29. The number of fused-ring (bicyclic) bond motifs is 1. The lowest BCUT2D eigenvalue weighted by Crippen LogP contribution is -2.54. The number of amides is 4. The van der Waals surface area contributed by atoms with Gasteiger partial charge in [0.2, 0.25) is 11.8 Å². The predicted molar refractivity (Wildman–Crippen MR) is 102 cm³/mol. The zero-order valence-corrected chi connectivity index (χ0v) is 15.9. The third kappa shape index (κ3) is 3.17. The second kappa shape index (κ2) is 7.35. The average molecular weight is 384 g/mol. The lowest BCUT2D eigenvalue weighted by atomic mass is 10.0. The average Bonchev–Trinajstić information content (AvgIpc) is 2.93. The number of anilines is 1. The molecule has 0 saturated carbocycles. The van der Waals surface area contributed by atoms with Gasteiger partial charge in [0.15, 0.2) is 0 Å². The maximum atomic E-state index is 12.9. The molecule has 2 fully saturated rings. The molecule has 4 rings (SSSR count). The number of imide groups is 2. The summed E-state index contributed by atoms with van der Waals surface area (Å²) in [7, 11) is 0. The topological polar surface area (TPSA) is 98.8 Å². The van der Waals surface area contributed by atoms with Gasteiger partial charge in [-0.2, -0.15) is 0 Å². The number of benzene rings is 1. The molecule has 8 heteroatoms. The highest BCUT2D eigenvalue weighted by Crippen LogP contribution is 2.31.